The number of aromatic nitrogens is 2. The molecule has 144 valence electrons. The molecule has 0 radical (unpaired) electrons. The van der Waals surface area contributed by atoms with E-state index >= 15 is 0 Å². The number of piperidine rings is 2. The Hall–Kier alpha value is -1.65. The van der Waals surface area contributed by atoms with E-state index in [0.717, 1.165) is 56.4 Å². The lowest BCUT2D eigenvalue weighted by atomic mass is 9.94. The van der Waals surface area contributed by atoms with Gasteiger partial charge >= 0.3 is 0 Å². The number of carbonyl (C=O) groups is 1. The molecule has 0 bridgehead atoms. The Balaban J connectivity index is 1.66. The van der Waals surface area contributed by atoms with Gasteiger partial charge in [0.25, 0.3) is 0 Å². The minimum Gasteiger partial charge on any atom is -0.356 e. The highest BCUT2D eigenvalue weighted by Crippen LogP contribution is 2.27. The van der Waals surface area contributed by atoms with Crippen molar-refractivity contribution in [1.29, 1.82) is 0 Å². The van der Waals surface area contributed by atoms with Crippen LogP contribution < -0.4 is 4.90 Å². The molecular formula is C21H34N4O. The maximum absolute atomic E-state index is 12.8. The van der Waals surface area contributed by atoms with Gasteiger partial charge in [0.1, 0.15) is 11.6 Å². The van der Waals surface area contributed by atoms with Crippen LogP contribution >= 0.6 is 0 Å². The monoisotopic (exact) mass is 358 g/mol. The highest BCUT2D eigenvalue weighted by molar-refractivity contribution is 5.79. The van der Waals surface area contributed by atoms with Crippen LogP contribution in [-0.4, -0.2) is 47.0 Å². The molecule has 3 rings (SSSR count). The van der Waals surface area contributed by atoms with Gasteiger partial charge in [-0.3, -0.25) is 4.79 Å². The molecule has 5 nitrogen and oxygen atoms in total. The fraction of sp³-hybridized carbons (Fsp3) is 0.762. The number of amides is 1. The van der Waals surface area contributed by atoms with Gasteiger partial charge in [-0.05, 0) is 38.0 Å². The zero-order chi connectivity index (χ0) is 18.7. The second-order valence-corrected chi connectivity index (χ2v) is 8.47. The molecule has 2 fully saturated rings. The van der Waals surface area contributed by atoms with Crippen LogP contribution in [0.5, 0.6) is 0 Å². The van der Waals surface area contributed by atoms with E-state index in [2.05, 4.69) is 43.6 Å². The first-order valence-electron chi connectivity index (χ1n) is 10.4. The van der Waals surface area contributed by atoms with Gasteiger partial charge in [-0.25, -0.2) is 9.97 Å². The van der Waals surface area contributed by atoms with E-state index in [9.17, 15) is 4.79 Å². The van der Waals surface area contributed by atoms with Gasteiger partial charge in [-0.1, -0.05) is 27.7 Å². The molecule has 2 aliphatic heterocycles. The Kier molecular flexibility index (Phi) is 6.15. The molecule has 0 spiro atoms. The predicted octanol–water partition coefficient (Wildman–Crippen LogP) is 3.95. The zero-order valence-electron chi connectivity index (χ0n) is 16.9. The number of likely N-dealkylation sites (tertiary alicyclic amines) is 1. The number of rotatable bonds is 4. The number of hydrogen-bond donors (Lipinski definition) is 0. The molecule has 1 aromatic heterocycles. The lowest BCUT2D eigenvalue weighted by Gasteiger charge is -2.36. The summed E-state index contributed by atoms with van der Waals surface area (Å²) < 4.78 is 0. The minimum absolute atomic E-state index is 0.195. The standard InChI is InChI=1S/C21H34N4O/c1-15(2)18-14-19(23-20(22-18)16(3)4)24-12-8-17(9-13-24)21(26)25-10-6-5-7-11-25/h14-17H,5-13H2,1-4H3. The third-order valence-electron chi connectivity index (χ3n) is 5.69. The fourth-order valence-electron chi connectivity index (χ4n) is 3.92. The first-order chi connectivity index (χ1) is 12.5. The summed E-state index contributed by atoms with van der Waals surface area (Å²) in [5.74, 6) is 3.27. The van der Waals surface area contributed by atoms with E-state index in [4.69, 9.17) is 9.97 Å². The average Bonchev–Trinajstić information content (AvgIpc) is 2.67. The Morgan fingerprint density at radius 2 is 1.62 bits per heavy atom. The molecule has 1 amide bonds. The zero-order valence-corrected chi connectivity index (χ0v) is 16.9. The maximum Gasteiger partial charge on any atom is 0.225 e. The number of hydrogen-bond acceptors (Lipinski definition) is 4. The van der Waals surface area contributed by atoms with Gasteiger partial charge < -0.3 is 9.80 Å². The summed E-state index contributed by atoms with van der Waals surface area (Å²) in [5, 5.41) is 0. The van der Waals surface area contributed by atoms with Crippen molar-refractivity contribution >= 4 is 11.7 Å². The summed E-state index contributed by atoms with van der Waals surface area (Å²) in [6.45, 7) is 12.4. The smallest absolute Gasteiger partial charge is 0.225 e. The second-order valence-electron chi connectivity index (χ2n) is 8.47. The van der Waals surface area contributed by atoms with Crippen LogP contribution in [0.3, 0.4) is 0 Å². The first-order valence-corrected chi connectivity index (χ1v) is 10.4. The fourth-order valence-corrected chi connectivity index (χ4v) is 3.92. The van der Waals surface area contributed by atoms with Crippen LogP contribution in [0.15, 0.2) is 6.07 Å². The molecule has 0 saturated carbocycles. The Labute approximate surface area is 158 Å². The van der Waals surface area contributed by atoms with Crippen molar-refractivity contribution in [3.05, 3.63) is 17.6 Å². The van der Waals surface area contributed by atoms with E-state index in [1.54, 1.807) is 0 Å². The summed E-state index contributed by atoms with van der Waals surface area (Å²) >= 11 is 0. The summed E-state index contributed by atoms with van der Waals surface area (Å²) in [7, 11) is 0. The molecular weight excluding hydrogens is 324 g/mol. The normalized spacial score (nSPS) is 19.5. The molecule has 2 aliphatic rings. The third-order valence-corrected chi connectivity index (χ3v) is 5.69. The molecule has 2 saturated heterocycles. The van der Waals surface area contributed by atoms with E-state index in [1.807, 2.05) is 0 Å². The SMILES string of the molecule is CC(C)c1cc(N2CCC(C(=O)N3CCCCC3)CC2)nc(C(C)C)n1. The molecule has 0 unspecified atom stereocenters. The van der Waals surface area contributed by atoms with E-state index < -0.39 is 0 Å². The van der Waals surface area contributed by atoms with Crippen molar-refractivity contribution in [1.82, 2.24) is 14.9 Å². The molecule has 0 N–H and O–H groups in total. The highest BCUT2D eigenvalue weighted by Gasteiger charge is 2.30. The Bertz CT molecular complexity index is 588. The topological polar surface area (TPSA) is 49.3 Å². The molecule has 26 heavy (non-hydrogen) atoms. The van der Waals surface area contributed by atoms with Gasteiger partial charge in [0.15, 0.2) is 0 Å². The van der Waals surface area contributed by atoms with Crippen LogP contribution in [0, 0.1) is 5.92 Å². The molecule has 0 aromatic carbocycles. The largest absolute Gasteiger partial charge is 0.356 e. The van der Waals surface area contributed by atoms with Crippen molar-refractivity contribution in [3.8, 4) is 0 Å². The number of anilines is 1. The van der Waals surface area contributed by atoms with Gasteiger partial charge in [0.2, 0.25) is 5.91 Å². The molecule has 5 heteroatoms. The van der Waals surface area contributed by atoms with E-state index in [1.165, 1.54) is 19.3 Å². The summed E-state index contributed by atoms with van der Waals surface area (Å²) in [6.07, 6.45) is 5.48. The van der Waals surface area contributed by atoms with Crippen LogP contribution in [-0.2, 0) is 4.79 Å². The molecule has 1 aromatic rings. The number of carbonyl (C=O) groups excluding carboxylic acids is 1. The second kappa shape index (κ2) is 8.36. The summed E-state index contributed by atoms with van der Waals surface area (Å²) in [4.78, 5) is 26.8. The lowest BCUT2D eigenvalue weighted by molar-refractivity contribution is -0.137. The van der Waals surface area contributed by atoms with Crippen LogP contribution in [0.25, 0.3) is 0 Å². The van der Waals surface area contributed by atoms with Gasteiger partial charge in [0.05, 0.1) is 0 Å². The molecule has 0 aliphatic carbocycles. The first kappa shape index (κ1) is 19.1. The highest BCUT2D eigenvalue weighted by atomic mass is 16.2. The van der Waals surface area contributed by atoms with Gasteiger partial charge in [0, 0.05) is 49.8 Å². The van der Waals surface area contributed by atoms with Crippen molar-refractivity contribution in [2.24, 2.45) is 5.92 Å². The van der Waals surface area contributed by atoms with Crippen molar-refractivity contribution in [2.75, 3.05) is 31.1 Å². The van der Waals surface area contributed by atoms with Crippen molar-refractivity contribution in [2.45, 2.75) is 71.6 Å². The van der Waals surface area contributed by atoms with Crippen molar-refractivity contribution < 1.29 is 4.79 Å². The molecule has 0 atom stereocenters. The quantitative estimate of drug-likeness (QED) is 0.818. The van der Waals surface area contributed by atoms with E-state index in [-0.39, 0.29) is 5.92 Å². The number of nitrogens with zero attached hydrogens (tertiary/aromatic N) is 4. The lowest BCUT2D eigenvalue weighted by Crippen LogP contribution is -2.44. The van der Waals surface area contributed by atoms with Gasteiger partial charge in [-0.15, -0.1) is 0 Å². The minimum atomic E-state index is 0.195. The Morgan fingerprint density at radius 1 is 0.962 bits per heavy atom. The maximum atomic E-state index is 12.8. The van der Waals surface area contributed by atoms with Crippen LogP contribution in [0.2, 0.25) is 0 Å². The Morgan fingerprint density at radius 3 is 2.19 bits per heavy atom. The summed E-state index contributed by atoms with van der Waals surface area (Å²) in [5.41, 5.74) is 1.12. The van der Waals surface area contributed by atoms with E-state index in [0.29, 0.717) is 17.7 Å². The van der Waals surface area contributed by atoms with Crippen LogP contribution in [0.1, 0.15) is 83.2 Å². The van der Waals surface area contributed by atoms with Crippen LogP contribution in [0.4, 0.5) is 5.82 Å². The average molecular weight is 359 g/mol. The van der Waals surface area contributed by atoms with Gasteiger partial charge in [-0.2, -0.15) is 0 Å². The molecule has 3 heterocycles. The van der Waals surface area contributed by atoms with Crippen molar-refractivity contribution in [3.63, 3.8) is 0 Å². The predicted molar refractivity (Wildman–Crippen MR) is 106 cm³/mol. The summed E-state index contributed by atoms with van der Waals surface area (Å²) in [6, 6.07) is 2.14. The third kappa shape index (κ3) is 4.36.